The number of thiophene rings is 1. The van der Waals surface area contributed by atoms with Crippen LogP contribution in [0.3, 0.4) is 0 Å². The van der Waals surface area contributed by atoms with Gasteiger partial charge in [-0.05, 0) is 27.4 Å². The minimum absolute atomic E-state index is 0.0142. The van der Waals surface area contributed by atoms with Crippen LogP contribution in [-0.2, 0) is 19.6 Å². The molecule has 0 saturated carbocycles. The largest absolute Gasteiger partial charge is 0.375 e. The first-order valence-electron chi connectivity index (χ1n) is 5.46. The molecule has 2 heterocycles. The molecule has 0 aliphatic carbocycles. The molecule has 0 aromatic carbocycles. The lowest BCUT2D eigenvalue weighted by Crippen LogP contribution is -2.61. The van der Waals surface area contributed by atoms with Crippen molar-refractivity contribution in [2.24, 2.45) is 0 Å². The standard InChI is InChI=1S/C10H13BrN2O4S2/c1-17-6-9(14)12-7-4-13(5-7)19(15,16)10-8(11)2-3-18-10/h2-3,7H,4-6H2,1H3,(H,12,14). The van der Waals surface area contributed by atoms with Crippen molar-refractivity contribution in [3.05, 3.63) is 15.9 Å². The Balaban J connectivity index is 1.94. The summed E-state index contributed by atoms with van der Waals surface area (Å²) < 4.78 is 31.4. The third-order valence-corrected chi connectivity index (χ3v) is 7.13. The minimum atomic E-state index is -3.45. The topological polar surface area (TPSA) is 75.7 Å². The monoisotopic (exact) mass is 368 g/mol. The molecule has 1 N–H and O–H groups in total. The van der Waals surface area contributed by atoms with E-state index in [2.05, 4.69) is 21.2 Å². The fraction of sp³-hybridized carbons (Fsp3) is 0.500. The predicted molar refractivity (Wildman–Crippen MR) is 74.6 cm³/mol. The maximum Gasteiger partial charge on any atom is 0.253 e. The molecule has 0 unspecified atom stereocenters. The molecule has 19 heavy (non-hydrogen) atoms. The number of amides is 1. The van der Waals surface area contributed by atoms with E-state index in [0.29, 0.717) is 21.8 Å². The van der Waals surface area contributed by atoms with E-state index in [1.54, 1.807) is 11.4 Å². The normalized spacial score (nSPS) is 17.2. The molecule has 1 aliphatic heterocycles. The van der Waals surface area contributed by atoms with Gasteiger partial charge in [-0.15, -0.1) is 11.3 Å². The van der Waals surface area contributed by atoms with E-state index in [1.807, 2.05) is 0 Å². The lowest BCUT2D eigenvalue weighted by molar-refractivity contribution is -0.126. The quantitative estimate of drug-likeness (QED) is 0.827. The number of methoxy groups -OCH3 is 1. The first kappa shape index (κ1) is 14.9. The fourth-order valence-corrected chi connectivity index (χ4v) is 5.69. The zero-order valence-corrected chi connectivity index (χ0v) is 13.3. The van der Waals surface area contributed by atoms with E-state index in [4.69, 9.17) is 4.74 Å². The number of hydrogen-bond donors (Lipinski definition) is 1. The molecule has 6 nitrogen and oxygen atoms in total. The molecule has 1 amide bonds. The van der Waals surface area contributed by atoms with Gasteiger partial charge < -0.3 is 10.1 Å². The maximum absolute atomic E-state index is 12.2. The highest BCUT2D eigenvalue weighted by Crippen LogP contribution is 2.32. The molecular formula is C10H13BrN2O4S2. The van der Waals surface area contributed by atoms with Crippen LogP contribution in [0, 0.1) is 0 Å². The molecule has 0 spiro atoms. The van der Waals surface area contributed by atoms with Crippen LogP contribution in [0.25, 0.3) is 0 Å². The molecule has 1 aliphatic rings. The summed E-state index contributed by atoms with van der Waals surface area (Å²) in [5.74, 6) is -0.234. The summed E-state index contributed by atoms with van der Waals surface area (Å²) in [6, 6.07) is 1.56. The Morgan fingerprint density at radius 1 is 1.63 bits per heavy atom. The number of sulfonamides is 1. The van der Waals surface area contributed by atoms with Gasteiger partial charge >= 0.3 is 0 Å². The van der Waals surface area contributed by atoms with Crippen LogP contribution in [0.15, 0.2) is 20.1 Å². The number of carbonyl (C=O) groups excluding carboxylic acids is 1. The second-order valence-electron chi connectivity index (χ2n) is 4.08. The Morgan fingerprint density at radius 3 is 2.84 bits per heavy atom. The number of ether oxygens (including phenoxy) is 1. The van der Waals surface area contributed by atoms with Gasteiger partial charge in [-0.25, -0.2) is 8.42 Å². The van der Waals surface area contributed by atoms with Crippen molar-refractivity contribution >= 4 is 43.2 Å². The molecule has 0 atom stereocenters. The predicted octanol–water partition coefficient (Wildman–Crippen LogP) is 0.646. The smallest absolute Gasteiger partial charge is 0.253 e. The van der Waals surface area contributed by atoms with Gasteiger partial charge in [0.25, 0.3) is 10.0 Å². The number of nitrogens with one attached hydrogen (secondary N) is 1. The van der Waals surface area contributed by atoms with Gasteiger partial charge in [0.2, 0.25) is 5.91 Å². The number of nitrogens with zero attached hydrogens (tertiary/aromatic N) is 1. The van der Waals surface area contributed by atoms with Crippen LogP contribution in [-0.4, -0.2) is 51.5 Å². The second-order valence-corrected chi connectivity index (χ2v) is 7.98. The van der Waals surface area contributed by atoms with Gasteiger partial charge in [0.15, 0.2) is 0 Å². The maximum atomic E-state index is 12.2. The highest BCUT2D eigenvalue weighted by Gasteiger charge is 2.38. The Bertz CT molecular complexity index is 566. The Morgan fingerprint density at radius 2 is 2.32 bits per heavy atom. The fourth-order valence-electron chi connectivity index (χ4n) is 1.71. The van der Waals surface area contributed by atoms with Crippen molar-refractivity contribution in [1.29, 1.82) is 0 Å². The third kappa shape index (κ3) is 3.16. The van der Waals surface area contributed by atoms with Gasteiger partial charge in [0.05, 0.1) is 6.04 Å². The van der Waals surface area contributed by atoms with Gasteiger partial charge in [0, 0.05) is 24.7 Å². The van der Waals surface area contributed by atoms with E-state index >= 15 is 0 Å². The first-order valence-corrected chi connectivity index (χ1v) is 8.58. The SMILES string of the molecule is COCC(=O)NC1CN(S(=O)(=O)c2sccc2Br)C1. The molecule has 1 aromatic heterocycles. The highest BCUT2D eigenvalue weighted by atomic mass is 79.9. The summed E-state index contributed by atoms with van der Waals surface area (Å²) in [5, 5.41) is 4.42. The first-order chi connectivity index (χ1) is 8.95. The highest BCUT2D eigenvalue weighted by molar-refractivity contribution is 9.10. The molecule has 1 fully saturated rings. The summed E-state index contributed by atoms with van der Waals surface area (Å²) in [6.07, 6.45) is 0. The molecule has 9 heteroatoms. The molecule has 1 aromatic rings. The summed E-state index contributed by atoms with van der Waals surface area (Å²) in [4.78, 5) is 11.3. The van der Waals surface area contributed by atoms with E-state index in [-0.39, 0.29) is 18.6 Å². The Labute approximate surface area is 123 Å². The molecular weight excluding hydrogens is 356 g/mol. The van der Waals surface area contributed by atoms with Gasteiger partial charge in [-0.2, -0.15) is 4.31 Å². The number of carbonyl (C=O) groups is 1. The van der Waals surface area contributed by atoms with Crippen LogP contribution >= 0.6 is 27.3 Å². The zero-order chi connectivity index (χ0) is 14.0. The van der Waals surface area contributed by atoms with Crippen molar-refractivity contribution in [3.8, 4) is 0 Å². The van der Waals surface area contributed by atoms with E-state index in [0.717, 1.165) is 0 Å². The average molecular weight is 369 g/mol. The summed E-state index contributed by atoms with van der Waals surface area (Å²) in [5.41, 5.74) is 0. The summed E-state index contributed by atoms with van der Waals surface area (Å²) in [6.45, 7) is 0.573. The lowest BCUT2D eigenvalue weighted by Gasteiger charge is -2.38. The second kappa shape index (κ2) is 5.88. The van der Waals surface area contributed by atoms with Crippen LogP contribution in [0.5, 0.6) is 0 Å². The molecule has 2 rings (SSSR count). The van der Waals surface area contributed by atoms with E-state index in [9.17, 15) is 13.2 Å². The molecule has 106 valence electrons. The van der Waals surface area contributed by atoms with E-state index in [1.165, 1.54) is 22.8 Å². The minimum Gasteiger partial charge on any atom is -0.375 e. The molecule has 0 bridgehead atoms. The van der Waals surface area contributed by atoms with Crippen LogP contribution < -0.4 is 5.32 Å². The van der Waals surface area contributed by atoms with Crippen molar-refractivity contribution < 1.29 is 17.9 Å². The average Bonchev–Trinajstić information content (AvgIpc) is 2.70. The number of rotatable bonds is 5. The van der Waals surface area contributed by atoms with Crippen LogP contribution in [0.4, 0.5) is 0 Å². The van der Waals surface area contributed by atoms with Crippen molar-refractivity contribution in [1.82, 2.24) is 9.62 Å². The Hall–Kier alpha value is -0.480. The molecule has 0 radical (unpaired) electrons. The van der Waals surface area contributed by atoms with E-state index < -0.39 is 10.0 Å². The lowest BCUT2D eigenvalue weighted by atomic mass is 10.2. The number of halogens is 1. The zero-order valence-electron chi connectivity index (χ0n) is 10.1. The summed E-state index contributed by atoms with van der Waals surface area (Å²) >= 11 is 4.39. The van der Waals surface area contributed by atoms with Crippen LogP contribution in [0.2, 0.25) is 0 Å². The van der Waals surface area contributed by atoms with Crippen LogP contribution in [0.1, 0.15) is 0 Å². The Kier molecular flexibility index (Phi) is 4.62. The third-order valence-electron chi connectivity index (χ3n) is 2.65. The van der Waals surface area contributed by atoms with Crippen molar-refractivity contribution in [2.75, 3.05) is 26.8 Å². The number of hydrogen-bond acceptors (Lipinski definition) is 5. The molecule has 1 saturated heterocycles. The summed E-state index contributed by atoms with van der Waals surface area (Å²) in [7, 11) is -2.01. The van der Waals surface area contributed by atoms with Gasteiger partial charge in [-0.3, -0.25) is 4.79 Å². The van der Waals surface area contributed by atoms with Gasteiger partial charge in [-0.1, -0.05) is 0 Å². The van der Waals surface area contributed by atoms with Gasteiger partial charge in [0.1, 0.15) is 10.8 Å². The van der Waals surface area contributed by atoms with Crippen molar-refractivity contribution in [2.45, 2.75) is 10.3 Å². The van der Waals surface area contributed by atoms with Crippen molar-refractivity contribution in [3.63, 3.8) is 0 Å².